The Hall–Kier alpha value is -4.56. The normalized spacial score (nSPS) is 11.9. The summed E-state index contributed by atoms with van der Waals surface area (Å²) in [4.78, 5) is 40.4. The molecule has 0 spiro atoms. The van der Waals surface area contributed by atoms with Crippen LogP contribution in [0.25, 0.3) is 16.8 Å². The predicted molar refractivity (Wildman–Crippen MR) is 181 cm³/mol. The molecule has 0 aromatic heterocycles. The molecule has 1 unspecified atom stereocenters. The number of amides is 3. The second kappa shape index (κ2) is 14.3. The maximum atomic E-state index is 13.6. The first kappa shape index (κ1) is 30.9. The van der Waals surface area contributed by atoms with Crippen molar-refractivity contribution in [1.29, 1.82) is 0 Å². The van der Waals surface area contributed by atoms with Crippen molar-refractivity contribution < 1.29 is 14.4 Å². The molecule has 0 fully saturated rings. The van der Waals surface area contributed by atoms with E-state index in [4.69, 9.17) is 23.2 Å². The minimum Gasteiger partial charge on any atom is -0.324 e. The van der Waals surface area contributed by atoms with Crippen LogP contribution in [0, 0.1) is 0 Å². The number of fused-ring (bicyclic) bond motifs is 1. The van der Waals surface area contributed by atoms with Crippen molar-refractivity contribution in [3.8, 4) is 0 Å². The Balaban J connectivity index is 1.35. The Labute approximate surface area is 269 Å². The van der Waals surface area contributed by atoms with Gasteiger partial charge in [-0.25, -0.2) is 0 Å². The highest BCUT2D eigenvalue weighted by Crippen LogP contribution is 2.31. The van der Waals surface area contributed by atoms with E-state index in [1.54, 1.807) is 73.7 Å². The summed E-state index contributed by atoms with van der Waals surface area (Å²) in [5, 5.41) is 10.6. The summed E-state index contributed by atoms with van der Waals surface area (Å²) in [5.74, 6) is -1.15. The van der Waals surface area contributed by atoms with Crippen molar-refractivity contribution in [1.82, 2.24) is 5.32 Å². The van der Waals surface area contributed by atoms with Gasteiger partial charge in [0.2, 0.25) is 5.91 Å². The largest absolute Gasteiger partial charge is 0.324 e. The number of hydrogen-bond donors (Lipinski definition) is 3. The summed E-state index contributed by atoms with van der Waals surface area (Å²) in [6.45, 7) is 1.77. The number of benzene rings is 5. The summed E-state index contributed by atoms with van der Waals surface area (Å²) >= 11 is 13.6. The van der Waals surface area contributed by atoms with E-state index in [0.717, 1.165) is 21.2 Å². The van der Waals surface area contributed by atoms with Gasteiger partial charge in [-0.3, -0.25) is 14.4 Å². The highest BCUT2D eigenvalue weighted by Gasteiger charge is 2.19. The van der Waals surface area contributed by atoms with E-state index in [1.165, 1.54) is 11.8 Å². The van der Waals surface area contributed by atoms with Gasteiger partial charge in [-0.05, 0) is 71.8 Å². The van der Waals surface area contributed by atoms with Crippen molar-refractivity contribution in [2.24, 2.45) is 0 Å². The maximum absolute atomic E-state index is 13.6. The van der Waals surface area contributed by atoms with E-state index >= 15 is 0 Å². The minimum absolute atomic E-state index is 0.0828. The van der Waals surface area contributed by atoms with E-state index in [2.05, 4.69) is 16.0 Å². The standard InChI is InChI=1S/C35H27Cl2N3O3S/c1-22(33(41)39-30-19-9-18-29(36)32(30)37)44-27-16-8-15-26(21-27)38-35(43)31(40-34(42)24-11-3-2-4-12-24)20-25-14-7-13-23-10-5-6-17-28(23)25/h2-22H,1H3,(H,38,43)(H,39,41)(H,40,42)/b31-20+. The average Bonchev–Trinajstić information content (AvgIpc) is 3.03. The third-order valence-electron chi connectivity index (χ3n) is 6.64. The first-order valence-electron chi connectivity index (χ1n) is 13.7. The van der Waals surface area contributed by atoms with Crippen molar-refractivity contribution in [2.45, 2.75) is 17.1 Å². The SMILES string of the molecule is CC(Sc1cccc(NC(=O)/C(=C\c2cccc3ccccc23)NC(=O)c2ccccc2)c1)C(=O)Nc1cccc(Cl)c1Cl. The molecule has 0 saturated heterocycles. The zero-order chi connectivity index (χ0) is 31.1. The lowest BCUT2D eigenvalue weighted by Gasteiger charge is -2.15. The highest BCUT2D eigenvalue weighted by atomic mass is 35.5. The lowest BCUT2D eigenvalue weighted by molar-refractivity contribution is -0.115. The number of hydrogen-bond acceptors (Lipinski definition) is 4. The molecule has 0 saturated carbocycles. The molecule has 0 aliphatic carbocycles. The quantitative estimate of drug-likeness (QED) is 0.111. The minimum atomic E-state index is -0.495. The molecule has 220 valence electrons. The molecule has 44 heavy (non-hydrogen) atoms. The molecule has 1 atom stereocenters. The van der Waals surface area contributed by atoms with E-state index in [9.17, 15) is 14.4 Å². The van der Waals surface area contributed by atoms with E-state index in [-0.39, 0.29) is 16.6 Å². The smallest absolute Gasteiger partial charge is 0.272 e. The number of thioether (sulfide) groups is 1. The van der Waals surface area contributed by atoms with Gasteiger partial charge in [0, 0.05) is 16.1 Å². The molecule has 5 aromatic rings. The summed E-state index contributed by atoms with van der Waals surface area (Å²) in [7, 11) is 0. The third-order valence-corrected chi connectivity index (χ3v) is 8.55. The molecule has 0 radical (unpaired) electrons. The van der Waals surface area contributed by atoms with Crippen LogP contribution in [0.5, 0.6) is 0 Å². The van der Waals surface area contributed by atoms with E-state index < -0.39 is 17.1 Å². The number of nitrogens with one attached hydrogen (secondary N) is 3. The molecule has 0 heterocycles. The third kappa shape index (κ3) is 7.68. The lowest BCUT2D eigenvalue weighted by atomic mass is 10.0. The Morgan fingerprint density at radius 1 is 0.773 bits per heavy atom. The molecule has 5 aromatic carbocycles. The van der Waals surface area contributed by atoms with Crippen molar-refractivity contribution >= 4 is 80.9 Å². The Morgan fingerprint density at radius 2 is 1.48 bits per heavy atom. The van der Waals surface area contributed by atoms with Crippen LogP contribution in [0.3, 0.4) is 0 Å². The van der Waals surface area contributed by atoms with E-state index in [0.29, 0.717) is 22.0 Å². The second-order valence-corrected chi connectivity index (χ2v) is 12.0. The maximum Gasteiger partial charge on any atom is 0.272 e. The van der Waals surface area contributed by atoms with Gasteiger partial charge in [0.05, 0.1) is 21.0 Å². The molecule has 0 aliphatic rings. The van der Waals surface area contributed by atoms with Crippen LogP contribution in [-0.4, -0.2) is 23.0 Å². The Bertz CT molecular complexity index is 1870. The lowest BCUT2D eigenvalue weighted by Crippen LogP contribution is -2.30. The van der Waals surface area contributed by atoms with Crippen LogP contribution in [0.15, 0.2) is 126 Å². The molecule has 0 bridgehead atoms. The van der Waals surface area contributed by atoms with Gasteiger partial charge in [0.15, 0.2) is 0 Å². The number of carbonyl (C=O) groups is 3. The number of halogens is 2. The van der Waals surface area contributed by atoms with Crippen LogP contribution in [-0.2, 0) is 9.59 Å². The van der Waals surface area contributed by atoms with Crippen LogP contribution >= 0.6 is 35.0 Å². The monoisotopic (exact) mass is 639 g/mol. The van der Waals surface area contributed by atoms with Gasteiger partial charge >= 0.3 is 0 Å². The highest BCUT2D eigenvalue weighted by molar-refractivity contribution is 8.00. The van der Waals surface area contributed by atoms with Crippen LogP contribution < -0.4 is 16.0 Å². The van der Waals surface area contributed by atoms with E-state index in [1.807, 2.05) is 54.6 Å². The molecule has 0 aliphatic heterocycles. The zero-order valence-electron chi connectivity index (χ0n) is 23.5. The van der Waals surface area contributed by atoms with Gasteiger partial charge in [0.25, 0.3) is 11.8 Å². The molecule has 9 heteroatoms. The summed E-state index contributed by atoms with van der Waals surface area (Å²) in [6.07, 6.45) is 1.67. The fraction of sp³-hybridized carbons (Fsp3) is 0.0571. The molecule has 3 N–H and O–H groups in total. The first-order valence-corrected chi connectivity index (χ1v) is 15.3. The molecule has 3 amide bonds. The van der Waals surface area contributed by atoms with Crippen molar-refractivity contribution in [2.75, 3.05) is 10.6 Å². The van der Waals surface area contributed by atoms with Gasteiger partial charge in [-0.15, -0.1) is 11.8 Å². The number of rotatable bonds is 9. The molecule has 6 nitrogen and oxygen atoms in total. The van der Waals surface area contributed by atoms with Crippen LogP contribution in [0.1, 0.15) is 22.8 Å². The van der Waals surface area contributed by atoms with Crippen molar-refractivity contribution in [3.63, 3.8) is 0 Å². The Morgan fingerprint density at radius 3 is 2.30 bits per heavy atom. The molecular weight excluding hydrogens is 613 g/mol. The van der Waals surface area contributed by atoms with Crippen molar-refractivity contribution in [3.05, 3.63) is 142 Å². The van der Waals surface area contributed by atoms with Gasteiger partial charge in [0.1, 0.15) is 5.70 Å². The van der Waals surface area contributed by atoms with Crippen LogP contribution in [0.2, 0.25) is 10.0 Å². The fourth-order valence-electron chi connectivity index (χ4n) is 4.41. The molecule has 5 rings (SSSR count). The van der Waals surface area contributed by atoms with Gasteiger partial charge in [-0.2, -0.15) is 0 Å². The summed E-state index contributed by atoms with van der Waals surface area (Å²) in [6, 6.07) is 34.5. The summed E-state index contributed by atoms with van der Waals surface area (Å²) < 4.78 is 0. The number of anilines is 2. The van der Waals surface area contributed by atoms with Gasteiger partial charge < -0.3 is 16.0 Å². The Kier molecular flexibility index (Phi) is 10.0. The topological polar surface area (TPSA) is 87.3 Å². The predicted octanol–water partition coefficient (Wildman–Crippen LogP) is 8.68. The van der Waals surface area contributed by atoms with Crippen LogP contribution in [0.4, 0.5) is 11.4 Å². The second-order valence-electron chi connectivity index (χ2n) is 9.78. The van der Waals surface area contributed by atoms with Gasteiger partial charge in [-0.1, -0.05) is 96.0 Å². The zero-order valence-corrected chi connectivity index (χ0v) is 25.8. The first-order chi connectivity index (χ1) is 21.3. The summed E-state index contributed by atoms with van der Waals surface area (Å²) in [5.41, 5.74) is 2.22. The molecular formula is C35H27Cl2N3O3S. The number of carbonyl (C=O) groups excluding carboxylic acids is 3. The average molecular weight is 641 g/mol. The fourth-order valence-corrected chi connectivity index (χ4v) is 5.69.